The first-order valence-electron chi connectivity index (χ1n) is 4.89. The zero-order chi connectivity index (χ0) is 11.4. The number of aliphatic hydroxyl groups excluding tert-OH is 1. The standard InChI is InChI=1S/C9H16N2O3S/c1-5(12)10-8(4-15)9(14)11-6-2-7(13)3-6/h6-8,13,15H,2-4H2,1H3,(H,10,12)(H,11,14). The molecule has 0 aromatic carbocycles. The van der Waals surface area contributed by atoms with E-state index < -0.39 is 6.04 Å². The first kappa shape index (κ1) is 12.3. The number of thiol groups is 1. The van der Waals surface area contributed by atoms with Crippen LogP contribution >= 0.6 is 12.6 Å². The summed E-state index contributed by atoms with van der Waals surface area (Å²) in [6.45, 7) is 1.36. The van der Waals surface area contributed by atoms with Crippen LogP contribution in [0.1, 0.15) is 19.8 Å². The lowest BCUT2D eigenvalue weighted by molar-refractivity contribution is -0.128. The Balaban J connectivity index is 2.33. The van der Waals surface area contributed by atoms with Crippen LogP contribution in [0.2, 0.25) is 0 Å². The van der Waals surface area contributed by atoms with Gasteiger partial charge in [-0.05, 0) is 12.8 Å². The molecule has 6 heteroatoms. The molecule has 2 amide bonds. The van der Waals surface area contributed by atoms with Gasteiger partial charge < -0.3 is 15.7 Å². The normalized spacial score (nSPS) is 26.3. The van der Waals surface area contributed by atoms with Gasteiger partial charge in [-0.15, -0.1) is 0 Å². The van der Waals surface area contributed by atoms with E-state index in [1.54, 1.807) is 0 Å². The minimum atomic E-state index is -0.594. The molecule has 1 saturated carbocycles. The van der Waals surface area contributed by atoms with Crippen LogP contribution in [0.3, 0.4) is 0 Å². The van der Waals surface area contributed by atoms with Crippen molar-refractivity contribution in [3.63, 3.8) is 0 Å². The van der Waals surface area contributed by atoms with E-state index in [0.717, 1.165) is 0 Å². The molecule has 15 heavy (non-hydrogen) atoms. The van der Waals surface area contributed by atoms with Gasteiger partial charge in [0, 0.05) is 18.7 Å². The lowest BCUT2D eigenvalue weighted by atomic mass is 9.89. The number of rotatable bonds is 4. The topological polar surface area (TPSA) is 78.4 Å². The van der Waals surface area contributed by atoms with Gasteiger partial charge in [-0.1, -0.05) is 0 Å². The molecule has 0 aliphatic heterocycles. The molecule has 86 valence electrons. The van der Waals surface area contributed by atoms with Crippen LogP contribution in [0.5, 0.6) is 0 Å². The molecule has 0 aromatic heterocycles. The second-order valence-electron chi connectivity index (χ2n) is 3.77. The largest absolute Gasteiger partial charge is 0.393 e. The van der Waals surface area contributed by atoms with Crippen LogP contribution in [0.25, 0.3) is 0 Å². The van der Waals surface area contributed by atoms with Crippen molar-refractivity contribution in [1.82, 2.24) is 10.6 Å². The molecule has 0 bridgehead atoms. The minimum absolute atomic E-state index is 0.0311. The molecule has 1 unspecified atom stereocenters. The summed E-state index contributed by atoms with van der Waals surface area (Å²) in [7, 11) is 0. The van der Waals surface area contributed by atoms with Crippen LogP contribution in [0, 0.1) is 0 Å². The van der Waals surface area contributed by atoms with Crippen molar-refractivity contribution < 1.29 is 14.7 Å². The van der Waals surface area contributed by atoms with Crippen molar-refractivity contribution in [3.8, 4) is 0 Å². The predicted molar refractivity (Wildman–Crippen MR) is 58.6 cm³/mol. The van der Waals surface area contributed by atoms with E-state index in [-0.39, 0.29) is 29.7 Å². The molecule has 3 N–H and O–H groups in total. The summed E-state index contributed by atoms with van der Waals surface area (Å²) in [6, 6.07) is -0.563. The van der Waals surface area contributed by atoms with E-state index in [1.807, 2.05) is 0 Å². The lowest BCUT2D eigenvalue weighted by Crippen LogP contribution is -2.54. The van der Waals surface area contributed by atoms with Gasteiger partial charge >= 0.3 is 0 Å². The summed E-state index contributed by atoms with van der Waals surface area (Å²) < 4.78 is 0. The molecule has 1 aliphatic carbocycles. The first-order valence-corrected chi connectivity index (χ1v) is 5.52. The highest BCUT2D eigenvalue weighted by atomic mass is 32.1. The van der Waals surface area contributed by atoms with Crippen molar-refractivity contribution in [2.75, 3.05) is 5.75 Å². The van der Waals surface area contributed by atoms with Gasteiger partial charge in [-0.2, -0.15) is 12.6 Å². The molecule has 0 heterocycles. The molecule has 0 spiro atoms. The Kier molecular flexibility index (Phi) is 4.41. The van der Waals surface area contributed by atoms with Crippen LogP contribution in [0.15, 0.2) is 0 Å². The van der Waals surface area contributed by atoms with Gasteiger partial charge in [0.2, 0.25) is 11.8 Å². The minimum Gasteiger partial charge on any atom is -0.393 e. The lowest BCUT2D eigenvalue weighted by Gasteiger charge is -2.33. The third-order valence-corrected chi connectivity index (χ3v) is 2.70. The molecule has 1 rings (SSSR count). The number of hydrogen-bond donors (Lipinski definition) is 4. The average molecular weight is 232 g/mol. The zero-order valence-corrected chi connectivity index (χ0v) is 9.46. The van der Waals surface area contributed by atoms with Crippen LogP contribution < -0.4 is 10.6 Å². The zero-order valence-electron chi connectivity index (χ0n) is 8.56. The highest BCUT2D eigenvalue weighted by Gasteiger charge is 2.30. The second kappa shape index (κ2) is 5.37. The van der Waals surface area contributed by atoms with Crippen molar-refractivity contribution >= 4 is 24.4 Å². The highest BCUT2D eigenvalue weighted by Crippen LogP contribution is 2.19. The van der Waals surface area contributed by atoms with Gasteiger partial charge in [-0.25, -0.2) is 0 Å². The van der Waals surface area contributed by atoms with Gasteiger partial charge in [0.1, 0.15) is 6.04 Å². The summed E-state index contributed by atoms with van der Waals surface area (Å²) in [5.41, 5.74) is 0. The van der Waals surface area contributed by atoms with Crippen molar-refractivity contribution in [3.05, 3.63) is 0 Å². The van der Waals surface area contributed by atoms with Gasteiger partial charge in [0.15, 0.2) is 0 Å². The Morgan fingerprint density at radius 2 is 2.13 bits per heavy atom. The molecule has 1 fully saturated rings. The van der Waals surface area contributed by atoms with Gasteiger partial charge in [-0.3, -0.25) is 9.59 Å². The van der Waals surface area contributed by atoms with E-state index in [1.165, 1.54) is 6.92 Å². The quantitative estimate of drug-likeness (QED) is 0.472. The van der Waals surface area contributed by atoms with Crippen LogP contribution in [-0.4, -0.2) is 40.9 Å². The third kappa shape index (κ3) is 3.71. The smallest absolute Gasteiger partial charge is 0.243 e. The van der Waals surface area contributed by atoms with Crippen molar-refractivity contribution in [2.45, 2.75) is 38.0 Å². The number of hydrogen-bond acceptors (Lipinski definition) is 4. The van der Waals surface area contributed by atoms with Crippen molar-refractivity contribution in [2.24, 2.45) is 0 Å². The molecule has 1 aliphatic rings. The second-order valence-corrected chi connectivity index (χ2v) is 4.13. The Bertz CT molecular complexity index is 254. The van der Waals surface area contributed by atoms with E-state index >= 15 is 0 Å². The fourth-order valence-corrected chi connectivity index (χ4v) is 1.70. The molecule has 0 radical (unpaired) electrons. The SMILES string of the molecule is CC(=O)NC(CS)C(=O)NC1CC(O)C1. The highest BCUT2D eigenvalue weighted by molar-refractivity contribution is 7.80. The van der Waals surface area contributed by atoms with E-state index in [9.17, 15) is 9.59 Å². The maximum absolute atomic E-state index is 11.6. The monoisotopic (exact) mass is 232 g/mol. The number of aliphatic hydroxyl groups is 1. The number of nitrogens with one attached hydrogen (secondary N) is 2. The maximum atomic E-state index is 11.6. The molecule has 0 aromatic rings. The van der Waals surface area contributed by atoms with Gasteiger partial charge in [0.25, 0.3) is 0 Å². The summed E-state index contributed by atoms with van der Waals surface area (Å²) in [5.74, 6) is -0.226. The first-order chi connectivity index (χ1) is 7.02. The molecule has 1 atom stereocenters. The number of carbonyl (C=O) groups excluding carboxylic acids is 2. The summed E-state index contributed by atoms with van der Waals surface area (Å²) in [6.07, 6.45) is 0.876. The Morgan fingerprint density at radius 1 is 1.53 bits per heavy atom. The van der Waals surface area contributed by atoms with Crippen LogP contribution in [-0.2, 0) is 9.59 Å². The summed E-state index contributed by atoms with van der Waals surface area (Å²) in [4.78, 5) is 22.3. The summed E-state index contributed by atoms with van der Waals surface area (Å²) in [5, 5.41) is 14.3. The molecular weight excluding hydrogens is 216 g/mol. The molecular formula is C9H16N2O3S. The molecule has 0 saturated heterocycles. The number of amides is 2. The van der Waals surface area contributed by atoms with Gasteiger partial charge in [0.05, 0.1) is 6.10 Å². The summed E-state index contributed by atoms with van der Waals surface area (Å²) >= 11 is 3.99. The predicted octanol–water partition coefficient (Wildman–Crippen LogP) is -0.940. The molecule has 5 nitrogen and oxygen atoms in total. The van der Waals surface area contributed by atoms with E-state index in [0.29, 0.717) is 12.8 Å². The average Bonchev–Trinajstić information content (AvgIpc) is 2.11. The Morgan fingerprint density at radius 3 is 2.53 bits per heavy atom. The van der Waals surface area contributed by atoms with E-state index in [4.69, 9.17) is 5.11 Å². The Hall–Kier alpha value is -0.750. The fourth-order valence-electron chi connectivity index (χ4n) is 1.45. The number of carbonyl (C=O) groups is 2. The Labute approximate surface area is 94.0 Å². The third-order valence-electron chi connectivity index (χ3n) is 2.34. The fraction of sp³-hybridized carbons (Fsp3) is 0.778. The van der Waals surface area contributed by atoms with Crippen molar-refractivity contribution in [1.29, 1.82) is 0 Å². The van der Waals surface area contributed by atoms with Crippen LogP contribution in [0.4, 0.5) is 0 Å². The maximum Gasteiger partial charge on any atom is 0.243 e. The van der Waals surface area contributed by atoms with E-state index in [2.05, 4.69) is 23.3 Å².